The van der Waals surface area contributed by atoms with Gasteiger partial charge in [-0.1, -0.05) is 157 Å². The monoisotopic (exact) mass is 822 g/mol. The van der Waals surface area contributed by atoms with Crippen molar-refractivity contribution in [1.29, 1.82) is 0 Å². The minimum Gasteiger partial charge on any atom is -0.480 e. The van der Waals surface area contributed by atoms with Crippen LogP contribution in [0.3, 0.4) is 0 Å². The minimum atomic E-state index is -4.76. The van der Waals surface area contributed by atoms with E-state index in [1.54, 1.807) is 0 Å². The second kappa shape index (κ2) is 39.7. The van der Waals surface area contributed by atoms with Crippen molar-refractivity contribution in [3.8, 4) is 0 Å². The van der Waals surface area contributed by atoms with Crippen molar-refractivity contribution in [3.63, 3.8) is 0 Å². The van der Waals surface area contributed by atoms with E-state index in [1.807, 2.05) is 0 Å². The zero-order valence-corrected chi connectivity index (χ0v) is 36.0. The Bertz CT molecular complexity index is 1240. The van der Waals surface area contributed by atoms with Crippen LogP contribution >= 0.6 is 7.82 Å². The average molecular weight is 822 g/mol. The first-order valence-electron chi connectivity index (χ1n) is 21.5. The predicted molar refractivity (Wildman–Crippen MR) is 231 cm³/mol. The summed E-state index contributed by atoms with van der Waals surface area (Å²) < 4.78 is 26.8. The maximum atomic E-state index is 12.2. The molecule has 3 unspecified atom stereocenters. The number of aliphatic hydroxyl groups is 1. The van der Waals surface area contributed by atoms with Crippen LogP contribution in [0.5, 0.6) is 0 Å². The van der Waals surface area contributed by atoms with E-state index >= 15 is 0 Å². The van der Waals surface area contributed by atoms with Crippen LogP contribution in [0, 0.1) is 0 Å². The lowest BCUT2D eigenvalue weighted by atomic mass is 10.1. The van der Waals surface area contributed by atoms with E-state index in [0.29, 0.717) is 12.8 Å². The molecule has 0 rings (SSSR count). The molecule has 326 valence electrons. The summed E-state index contributed by atoms with van der Waals surface area (Å²) in [6.45, 7) is 2.41. The van der Waals surface area contributed by atoms with Gasteiger partial charge in [0.2, 0.25) is 5.91 Å². The van der Waals surface area contributed by atoms with Crippen LogP contribution in [0.15, 0.2) is 72.9 Å². The van der Waals surface area contributed by atoms with Crippen molar-refractivity contribution in [1.82, 2.24) is 5.32 Å². The fourth-order valence-corrected chi connectivity index (χ4v) is 6.21. The van der Waals surface area contributed by atoms with E-state index < -0.39 is 57.6 Å². The maximum absolute atomic E-state index is 12.2. The maximum Gasteiger partial charge on any atom is 0.472 e. The molecule has 0 aromatic rings. The number of carboxylic acid groups (broad SMARTS) is 1. The van der Waals surface area contributed by atoms with Gasteiger partial charge in [0, 0.05) is 12.8 Å². The molecule has 0 aromatic carbocycles. The first-order valence-corrected chi connectivity index (χ1v) is 23.0. The van der Waals surface area contributed by atoms with E-state index in [-0.39, 0.29) is 12.8 Å². The van der Waals surface area contributed by atoms with Crippen LogP contribution in [-0.2, 0) is 32.7 Å². The molecule has 0 heterocycles. The molecular formula is C45H76NO10P. The molecule has 0 aromatic heterocycles. The summed E-state index contributed by atoms with van der Waals surface area (Å²) in [4.78, 5) is 45.8. The lowest BCUT2D eigenvalue weighted by Gasteiger charge is -2.18. The van der Waals surface area contributed by atoms with Crippen LogP contribution in [-0.4, -0.2) is 64.9 Å². The Labute approximate surface area is 344 Å². The number of ether oxygens (including phenoxy) is 1. The average Bonchev–Trinajstić information content (AvgIpc) is 3.18. The zero-order valence-electron chi connectivity index (χ0n) is 35.1. The van der Waals surface area contributed by atoms with E-state index in [4.69, 9.17) is 13.8 Å². The number of carbonyl (C=O) groups is 3. The normalized spacial score (nSPS) is 14.5. The van der Waals surface area contributed by atoms with Crippen LogP contribution in [0.25, 0.3) is 0 Å². The second-order valence-electron chi connectivity index (χ2n) is 14.2. The first kappa shape index (κ1) is 53.9. The molecule has 0 aliphatic carbocycles. The lowest BCUT2D eigenvalue weighted by molar-refractivity contribution is -0.147. The molecule has 0 saturated carbocycles. The Morgan fingerprint density at radius 2 is 1.02 bits per heavy atom. The highest BCUT2D eigenvalue weighted by molar-refractivity contribution is 7.47. The predicted octanol–water partition coefficient (Wildman–Crippen LogP) is 10.9. The van der Waals surface area contributed by atoms with Gasteiger partial charge in [-0.15, -0.1) is 0 Å². The number of nitrogens with one attached hydrogen (secondary N) is 1. The molecule has 0 fully saturated rings. The fourth-order valence-electron chi connectivity index (χ4n) is 5.43. The van der Waals surface area contributed by atoms with Crippen LogP contribution in [0.4, 0.5) is 0 Å². The van der Waals surface area contributed by atoms with Crippen LogP contribution in [0.1, 0.15) is 162 Å². The van der Waals surface area contributed by atoms with Gasteiger partial charge in [-0.3, -0.25) is 18.6 Å². The van der Waals surface area contributed by atoms with Crippen molar-refractivity contribution in [3.05, 3.63) is 72.9 Å². The summed E-state index contributed by atoms with van der Waals surface area (Å²) in [5, 5.41) is 21.8. The van der Waals surface area contributed by atoms with E-state index in [0.717, 1.165) is 83.5 Å². The SMILES string of the molecule is CC/C=C\C/C=C\C/C=C\C/C=C\C/C=C\C/C=C\CCCCCCC(=O)OCC(O)COP(=O)(O)OCC(NC(=O)CCCCCCCCCCCC)C(=O)O. The topological polar surface area (TPSA) is 169 Å². The molecule has 0 radical (unpaired) electrons. The third-order valence-corrected chi connectivity index (χ3v) is 9.71. The second-order valence-corrected chi connectivity index (χ2v) is 15.6. The number of amides is 1. The third kappa shape index (κ3) is 39.5. The van der Waals surface area contributed by atoms with Gasteiger partial charge < -0.3 is 25.2 Å². The molecular weight excluding hydrogens is 745 g/mol. The fraction of sp³-hybridized carbons (Fsp3) is 0.667. The summed E-state index contributed by atoms with van der Waals surface area (Å²) in [6, 6.07) is -1.55. The molecule has 4 N–H and O–H groups in total. The van der Waals surface area contributed by atoms with Crippen molar-refractivity contribution in [2.24, 2.45) is 0 Å². The number of unbranched alkanes of at least 4 members (excludes halogenated alkanes) is 13. The number of rotatable bonds is 39. The van der Waals surface area contributed by atoms with E-state index in [1.165, 1.54) is 38.5 Å². The standard InChI is InChI=1S/C45H76NO10P/c1-3-5-7-9-11-13-15-16-17-18-19-20-21-22-23-24-25-26-27-29-31-33-35-37-44(49)54-38-41(47)39-55-57(52,53)56-40-42(45(50)51)46-43(48)36-34-32-30-28-14-12-10-8-6-4-2/h5,7,11,13,16-17,19-20,22-23,25-26,41-42,47H,3-4,6,8-10,12,14-15,18,21,24,27-40H2,1-2H3,(H,46,48)(H,50,51)(H,52,53)/b7-5-,13-11-,17-16-,20-19-,23-22-,26-25-. The van der Waals surface area contributed by atoms with Crippen molar-refractivity contribution >= 4 is 25.7 Å². The third-order valence-electron chi connectivity index (χ3n) is 8.76. The highest BCUT2D eigenvalue weighted by Crippen LogP contribution is 2.43. The highest BCUT2D eigenvalue weighted by atomic mass is 31.2. The number of phosphoric acid groups is 1. The van der Waals surface area contributed by atoms with Gasteiger partial charge in [-0.05, 0) is 64.2 Å². The molecule has 0 aliphatic heterocycles. The van der Waals surface area contributed by atoms with Gasteiger partial charge in [0.05, 0.1) is 13.2 Å². The molecule has 12 heteroatoms. The zero-order chi connectivity index (χ0) is 42.1. The van der Waals surface area contributed by atoms with E-state index in [9.17, 15) is 34.1 Å². The van der Waals surface area contributed by atoms with Crippen molar-refractivity contribution in [2.75, 3.05) is 19.8 Å². The van der Waals surface area contributed by atoms with Crippen LogP contribution < -0.4 is 5.32 Å². The summed E-state index contributed by atoms with van der Waals surface area (Å²) in [5.41, 5.74) is 0. The number of carbonyl (C=O) groups excluding carboxylic acids is 2. The number of hydrogen-bond acceptors (Lipinski definition) is 8. The number of allylic oxidation sites excluding steroid dienone is 12. The largest absolute Gasteiger partial charge is 0.480 e. The van der Waals surface area contributed by atoms with Gasteiger partial charge in [-0.2, -0.15) is 0 Å². The number of phosphoric ester groups is 1. The molecule has 1 amide bonds. The molecule has 57 heavy (non-hydrogen) atoms. The van der Waals surface area contributed by atoms with Gasteiger partial charge >= 0.3 is 19.8 Å². The Kier molecular flexibility index (Phi) is 37.6. The number of aliphatic carboxylic acids is 1. The minimum absolute atomic E-state index is 0.142. The Morgan fingerprint density at radius 1 is 0.579 bits per heavy atom. The smallest absolute Gasteiger partial charge is 0.472 e. The number of carboxylic acids is 1. The van der Waals surface area contributed by atoms with Gasteiger partial charge in [-0.25, -0.2) is 9.36 Å². The summed E-state index contributed by atoms with van der Waals surface area (Å²) in [5.74, 6) is -2.41. The molecule has 0 saturated heterocycles. The van der Waals surface area contributed by atoms with Gasteiger partial charge in [0.25, 0.3) is 0 Å². The quantitative estimate of drug-likeness (QED) is 0.0203. The Hall–Kier alpha value is -3.08. The molecule has 0 spiro atoms. The van der Waals surface area contributed by atoms with Crippen molar-refractivity contribution in [2.45, 2.75) is 174 Å². The highest BCUT2D eigenvalue weighted by Gasteiger charge is 2.28. The summed E-state index contributed by atoms with van der Waals surface area (Å²) in [7, 11) is -4.76. The Morgan fingerprint density at radius 3 is 1.53 bits per heavy atom. The molecule has 0 aliphatic rings. The Balaban J connectivity index is 3.93. The molecule has 11 nitrogen and oxygen atoms in total. The molecule has 3 atom stereocenters. The van der Waals surface area contributed by atoms with Crippen molar-refractivity contribution < 1.29 is 47.8 Å². The van der Waals surface area contributed by atoms with E-state index in [2.05, 4.69) is 92.1 Å². The molecule has 0 bridgehead atoms. The van der Waals surface area contributed by atoms with Crippen LogP contribution in [0.2, 0.25) is 0 Å². The van der Waals surface area contributed by atoms with Gasteiger partial charge in [0.15, 0.2) is 6.04 Å². The lowest BCUT2D eigenvalue weighted by Crippen LogP contribution is -2.43. The number of aliphatic hydroxyl groups excluding tert-OH is 1. The summed E-state index contributed by atoms with van der Waals surface area (Å²) in [6.07, 6.45) is 46.5. The summed E-state index contributed by atoms with van der Waals surface area (Å²) >= 11 is 0. The number of esters is 1. The first-order chi connectivity index (χ1) is 27.6. The number of hydrogen-bond donors (Lipinski definition) is 4. The van der Waals surface area contributed by atoms with Gasteiger partial charge in [0.1, 0.15) is 12.7 Å².